The molecule has 2 nitrogen and oxygen atoms in total. The summed E-state index contributed by atoms with van der Waals surface area (Å²) in [7, 11) is 0. The van der Waals surface area contributed by atoms with Crippen LogP contribution in [0.4, 0.5) is 0 Å². The van der Waals surface area contributed by atoms with Crippen molar-refractivity contribution in [2.75, 3.05) is 6.61 Å². The van der Waals surface area contributed by atoms with Crippen LogP contribution >= 0.6 is 0 Å². The number of hydrogen-bond acceptors (Lipinski definition) is 1. The van der Waals surface area contributed by atoms with Crippen molar-refractivity contribution in [3.63, 3.8) is 0 Å². The van der Waals surface area contributed by atoms with E-state index < -0.39 is 6.29 Å². The van der Waals surface area contributed by atoms with Gasteiger partial charge in [0.25, 0.3) is 0 Å². The topological polar surface area (TPSA) is 29.1 Å². The molecule has 0 amide bonds. The Morgan fingerprint density at radius 2 is 1.71 bits per heavy atom. The Kier molecular flexibility index (Phi) is 8.06. The van der Waals surface area contributed by atoms with Gasteiger partial charge in [0.1, 0.15) is 0 Å². The molecule has 0 heterocycles. The normalized spacial score (nSPS) is 16.2. The predicted octanol–water partition coefficient (Wildman–Crippen LogP) is 4.66. The molecule has 0 aromatic heterocycles. The maximum atomic E-state index is 12.0. The van der Waals surface area contributed by atoms with Gasteiger partial charge in [0.2, 0.25) is 0 Å². The van der Waals surface area contributed by atoms with Gasteiger partial charge >= 0.3 is 0 Å². The van der Waals surface area contributed by atoms with Crippen molar-refractivity contribution in [2.45, 2.75) is 73.5 Å². The Bertz CT molecular complexity index is 187. The van der Waals surface area contributed by atoms with Crippen molar-refractivity contribution in [3.8, 4) is 0 Å². The second-order valence-electron chi connectivity index (χ2n) is 6.48. The van der Waals surface area contributed by atoms with Crippen molar-refractivity contribution in [1.29, 1.82) is 0 Å². The molecular weight excluding hydrogens is 212 g/mol. The third-order valence-corrected chi connectivity index (χ3v) is 3.30. The summed E-state index contributed by atoms with van der Waals surface area (Å²) in [4.78, 5) is 0. The zero-order chi connectivity index (χ0) is 13.5. The average molecular weight is 243 g/mol. The Balaban J connectivity index is 3.86. The van der Waals surface area contributed by atoms with Crippen molar-refractivity contribution >= 4 is 0 Å². The van der Waals surface area contributed by atoms with Gasteiger partial charge in [0, 0.05) is 5.41 Å². The van der Waals surface area contributed by atoms with E-state index in [0.717, 1.165) is 25.2 Å². The number of hydrogen-bond donors (Lipinski definition) is 0. The molecule has 0 fully saturated rings. The van der Waals surface area contributed by atoms with E-state index in [-0.39, 0.29) is 5.41 Å². The summed E-state index contributed by atoms with van der Waals surface area (Å²) >= 11 is 0. The molecule has 0 rings (SSSR count). The molecule has 0 aliphatic heterocycles. The lowest BCUT2D eigenvalue weighted by Crippen LogP contribution is -2.32. The van der Waals surface area contributed by atoms with Crippen LogP contribution in [0.25, 0.3) is 0 Å². The predicted molar refractivity (Wildman–Crippen MR) is 72.4 cm³/mol. The van der Waals surface area contributed by atoms with Gasteiger partial charge in [-0.15, -0.1) is 0 Å². The highest BCUT2D eigenvalue weighted by Gasteiger charge is 2.29. The lowest BCUT2D eigenvalue weighted by atomic mass is 9.87. The molecule has 0 aromatic rings. The second kappa shape index (κ2) is 8.10. The standard InChI is InChI=1S/C15H31O2/c1-7-10-15(5,6)14(16)17-11-13(4)9-8-12(2)3/h12-14H,7-11H2,1-6H3. The van der Waals surface area contributed by atoms with Gasteiger partial charge in [-0.2, -0.15) is 0 Å². The van der Waals surface area contributed by atoms with Crippen molar-refractivity contribution < 1.29 is 9.84 Å². The van der Waals surface area contributed by atoms with Crippen LogP contribution in [0.5, 0.6) is 0 Å². The van der Waals surface area contributed by atoms with Crippen LogP contribution in [0.1, 0.15) is 67.2 Å². The van der Waals surface area contributed by atoms with Crippen LogP contribution in [0.3, 0.4) is 0 Å². The zero-order valence-corrected chi connectivity index (χ0v) is 12.6. The van der Waals surface area contributed by atoms with E-state index >= 15 is 0 Å². The van der Waals surface area contributed by atoms with Gasteiger partial charge in [-0.05, 0) is 24.7 Å². The largest absolute Gasteiger partial charge is 0.349 e. The lowest BCUT2D eigenvalue weighted by Gasteiger charge is -2.29. The number of ether oxygens (including phenoxy) is 1. The Morgan fingerprint density at radius 3 is 2.18 bits per heavy atom. The number of rotatable bonds is 9. The Hall–Kier alpha value is -0.0800. The summed E-state index contributed by atoms with van der Waals surface area (Å²) in [6.45, 7) is 13.4. The fourth-order valence-corrected chi connectivity index (χ4v) is 1.94. The molecule has 0 spiro atoms. The molecule has 2 unspecified atom stereocenters. The van der Waals surface area contributed by atoms with Crippen LogP contribution in [-0.2, 0) is 9.84 Å². The van der Waals surface area contributed by atoms with Gasteiger partial charge in [-0.1, -0.05) is 54.4 Å². The average Bonchev–Trinajstić information content (AvgIpc) is 2.22. The maximum absolute atomic E-state index is 12.0. The summed E-state index contributed by atoms with van der Waals surface area (Å²) in [6, 6.07) is 0. The minimum atomic E-state index is -0.885. The first-order valence-electron chi connectivity index (χ1n) is 7.07. The van der Waals surface area contributed by atoms with Crippen LogP contribution in [0.15, 0.2) is 0 Å². The van der Waals surface area contributed by atoms with Crippen molar-refractivity contribution in [2.24, 2.45) is 17.3 Å². The van der Waals surface area contributed by atoms with Crippen LogP contribution in [0, 0.1) is 17.3 Å². The molecule has 17 heavy (non-hydrogen) atoms. The quantitative estimate of drug-likeness (QED) is 0.542. The van der Waals surface area contributed by atoms with Gasteiger partial charge in [-0.3, -0.25) is 0 Å². The summed E-state index contributed by atoms with van der Waals surface area (Å²) in [5, 5.41) is 12.0. The molecule has 0 aliphatic carbocycles. The monoisotopic (exact) mass is 243 g/mol. The van der Waals surface area contributed by atoms with E-state index in [9.17, 15) is 5.11 Å². The third-order valence-electron chi connectivity index (χ3n) is 3.30. The highest BCUT2D eigenvalue weighted by atomic mass is 16.6. The highest BCUT2D eigenvalue weighted by Crippen LogP contribution is 2.28. The summed E-state index contributed by atoms with van der Waals surface area (Å²) in [5.74, 6) is 1.23. The first kappa shape index (κ1) is 16.9. The lowest BCUT2D eigenvalue weighted by molar-refractivity contribution is -0.207. The molecule has 103 valence electrons. The maximum Gasteiger partial charge on any atom is 0.196 e. The summed E-state index contributed by atoms with van der Waals surface area (Å²) in [5.41, 5.74) is -0.244. The fraction of sp³-hybridized carbons (Fsp3) is 1.00. The molecule has 0 aromatic carbocycles. The third kappa shape index (κ3) is 7.77. The Labute approximate surface area is 108 Å². The smallest absolute Gasteiger partial charge is 0.196 e. The van der Waals surface area contributed by atoms with E-state index in [2.05, 4.69) is 27.7 Å². The van der Waals surface area contributed by atoms with Crippen LogP contribution in [0.2, 0.25) is 0 Å². The molecule has 0 bridgehead atoms. The van der Waals surface area contributed by atoms with Crippen molar-refractivity contribution in [1.82, 2.24) is 0 Å². The molecule has 0 saturated carbocycles. The molecule has 0 saturated heterocycles. The zero-order valence-electron chi connectivity index (χ0n) is 12.6. The minimum absolute atomic E-state index is 0.244. The van der Waals surface area contributed by atoms with Crippen LogP contribution in [-0.4, -0.2) is 12.9 Å². The van der Waals surface area contributed by atoms with Crippen LogP contribution < -0.4 is 0 Å². The minimum Gasteiger partial charge on any atom is -0.349 e. The fourth-order valence-electron chi connectivity index (χ4n) is 1.94. The van der Waals surface area contributed by atoms with Gasteiger partial charge in [-0.25, -0.2) is 5.11 Å². The Morgan fingerprint density at radius 1 is 1.12 bits per heavy atom. The molecule has 0 aliphatic rings. The van der Waals surface area contributed by atoms with Crippen molar-refractivity contribution in [3.05, 3.63) is 0 Å². The van der Waals surface area contributed by atoms with E-state index in [1.165, 1.54) is 6.42 Å². The SMILES string of the molecule is CCCC(C)(C)C([O])OCC(C)CCC(C)C. The van der Waals surface area contributed by atoms with E-state index in [4.69, 9.17) is 4.74 Å². The highest BCUT2D eigenvalue weighted by molar-refractivity contribution is 4.71. The van der Waals surface area contributed by atoms with E-state index in [0.29, 0.717) is 12.5 Å². The second-order valence-corrected chi connectivity index (χ2v) is 6.48. The van der Waals surface area contributed by atoms with Gasteiger partial charge in [0.15, 0.2) is 6.29 Å². The molecule has 0 N–H and O–H groups in total. The first-order chi connectivity index (χ1) is 7.79. The molecule has 1 radical (unpaired) electrons. The van der Waals surface area contributed by atoms with E-state index in [1.54, 1.807) is 0 Å². The molecule has 2 atom stereocenters. The first-order valence-corrected chi connectivity index (χ1v) is 7.07. The van der Waals surface area contributed by atoms with Gasteiger partial charge in [0.05, 0.1) is 6.61 Å². The van der Waals surface area contributed by atoms with Gasteiger partial charge < -0.3 is 4.74 Å². The van der Waals surface area contributed by atoms with E-state index in [1.807, 2.05) is 13.8 Å². The molecular formula is C15H31O2. The summed E-state index contributed by atoms with van der Waals surface area (Å²) < 4.78 is 5.50. The molecule has 2 heteroatoms. The summed E-state index contributed by atoms with van der Waals surface area (Å²) in [6.07, 6.45) is 3.45.